The SMILES string of the molecule is COc1cccc(Cn2nc(C)c(NC(=S)NCC(C)C)c2C)c1. The Morgan fingerprint density at radius 3 is 2.75 bits per heavy atom. The fraction of sp³-hybridized carbons (Fsp3) is 0.444. The van der Waals surface area contributed by atoms with Crippen molar-refractivity contribution in [3.63, 3.8) is 0 Å². The monoisotopic (exact) mass is 346 g/mol. The topological polar surface area (TPSA) is 51.1 Å². The summed E-state index contributed by atoms with van der Waals surface area (Å²) < 4.78 is 7.27. The number of methoxy groups -OCH3 is 1. The maximum Gasteiger partial charge on any atom is 0.170 e. The van der Waals surface area contributed by atoms with Crippen LogP contribution in [0.4, 0.5) is 5.69 Å². The molecule has 0 fully saturated rings. The van der Waals surface area contributed by atoms with Crippen LogP contribution < -0.4 is 15.4 Å². The Balaban J connectivity index is 2.12. The molecule has 0 radical (unpaired) electrons. The van der Waals surface area contributed by atoms with Crippen molar-refractivity contribution in [1.29, 1.82) is 0 Å². The number of ether oxygens (including phenoxy) is 1. The lowest BCUT2D eigenvalue weighted by Gasteiger charge is -2.12. The minimum Gasteiger partial charge on any atom is -0.497 e. The van der Waals surface area contributed by atoms with Crippen LogP contribution >= 0.6 is 12.2 Å². The molecule has 130 valence electrons. The lowest BCUT2D eigenvalue weighted by molar-refractivity contribution is 0.414. The lowest BCUT2D eigenvalue weighted by Crippen LogP contribution is -2.31. The molecule has 2 N–H and O–H groups in total. The first-order valence-corrected chi connectivity index (χ1v) is 8.53. The number of rotatable bonds is 6. The fourth-order valence-corrected chi connectivity index (χ4v) is 2.62. The normalized spacial score (nSPS) is 10.8. The van der Waals surface area contributed by atoms with Crippen molar-refractivity contribution in [2.45, 2.75) is 34.2 Å². The number of nitrogens with one attached hydrogen (secondary N) is 2. The molecule has 0 aliphatic heterocycles. The van der Waals surface area contributed by atoms with Crippen LogP contribution in [0.5, 0.6) is 5.75 Å². The van der Waals surface area contributed by atoms with E-state index in [1.54, 1.807) is 7.11 Å². The smallest absolute Gasteiger partial charge is 0.170 e. The van der Waals surface area contributed by atoms with Crippen molar-refractivity contribution in [1.82, 2.24) is 15.1 Å². The Morgan fingerprint density at radius 1 is 1.33 bits per heavy atom. The first kappa shape index (κ1) is 18.3. The number of thiocarbonyl (C=S) groups is 1. The number of nitrogens with zero attached hydrogens (tertiary/aromatic N) is 2. The summed E-state index contributed by atoms with van der Waals surface area (Å²) in [5.74, 6) is 1.40. The molecule has 1 aromatic carbocycles. The van der Waals surface area contributed by atoms with Gasteiger partial charge in [-0.3, -0.25) is 4.68 Å². The van der Waals surface area contributed by atoms with E-state index in [-0.39, 0.29) is 0 Å². The maximum atomic E-state index is 5.37. The number of benzene rings is 1. The van der Waals surface area contributed by atoms with Crippen molar-refractivity contribution in [2.24, 2.45) is 5.92 Å². The molecular weight excluding hydrogens is 320 g/mol. The zero-order chi connectivity index (χ0) is 17.7. The average molecular weight is 347 g/mol. The van der Waals surface area contributed by atoms with Crippen LogP contribution in [-0.2, 0) is 6.54 Å². The molecule has 0 saturated heterocycles. The van der Waals surface area contributed by atoms with Crippen molar-refractivity contribution < 1.29 is 4.74 Å². The second-order valence-corrected chi connectivity index (χ2v) is 6.69. The van der Waals surface area contributed by atoms with E-state index in [0.29, 0.717) is 17.6 Å². The van der Waals surface area contributed by atoms with E-state index in [0.717, 1.165) is 34.9 Å². The van der Waals surface area contributed by atoms with Gasteiger partial charge in [-0.15, -0.1) is 0 Å². The second-order valence-electron chi connectivity index (χ2n) is 6.28. The molecule has 0 atom stereocenters. The quantitative estimate of drug-likeness (QED) is 0.784. The molecule has 1 aromatic heterocycles. The Morgan fingerprint density at radius 2 is 2.08 bits per heavy atom. The van der Waals surface area contributed by atoms with Gasteiger partial charge in [0.1, 0.15) is 5.75 Å². The molecule has 5 nitrogen and oxygen atoms in total. The third kappa shape index (κ3) is 4.71. The summed E-state index contributed by atoms with van der Waals surface area (Å²) in [6.07, 6.45) is 0. The lowest BCUT2D eigenvalue weighted by atomic mass is 10.2. The summed E-state index contributed by atoms with van der Waals surface area (Å²) in [6.45, 7) is 9.88. The van der Waals surface area contributed by atoms with E-state index in [1.165, 1.54) is 0 Å². The summed E-state index contributed by atoms with van der Waals surface area (Å²) in [5, 5.41) is 11.8. The highest BCUT2D eigenvalue weighted by molar-refractivity contribution is 7.80. The molecule has 0 aliphatic carbocycles. The summed E-state index contributed by atoms with van der Waals surface area (Å²) in [5.41, 5.74) is 4.11. The minimum absolute atomic E-state index is 0.544. The van der Waals surface area contributed by atoms with Crippen LogP contribution in [0.1, 0.15) is 30.8 Å². The van der Waals surface area contributed by atoms with Gasteiger partial charge >= 0.3 is 0 Å². The van der Waals surface area contributed by atoms with Gasteiger partial charge < -0.3 is 15.4 Å². The van der Waals surface area contributed by atoms with Gasteiger partial charge in [0.15, 0.2) is 5.11 Å². The first-order chi connectivity index (χ1) is 11.4. The second kappa shape index (κ2) is 8.15. The van der Waals surface area contributed by atoms with Crippen LogP contribution in [0, 0.1) is 19.8 Å². The third-order valence-electron chi connectivity index (χ3n) is 3.76. The molecule has 1 heterocycles. The number of hydrogen-bond acceptors (Lipinski definition) is 3. The average Bonchev–Trinajstić information content (AvgIpc) is 2.80. The van der Waals surface area contributed by atoms with E-state index in [9.17, 15) is 0 Å². The van der Waals surface area contributed by atoms with Crippen molar-refractivity contribution in [3.05, 3.63) is 41.2 Å². The molecule has 6 heteroatoms. The van der Waals surface area contributed by atoms with Crippen LogP contribution in [-0.4, -0.2) is 28.5 Å². The summed E-state index contributed by atoms with van der Waals surface area (Å²) >= 11 is 5.37. The molecule has 0 aliphatic rings. The number of aryl methyl sites for hydroxylation is 1. The molecule has 0 saturated carbocycles. The largest absolute Gasteiger partial charge is 0.497 e. The van der Waals surface area contributed by atoms with Crippen LogP contribution in [0.2, 0.25) is 0 Å². The van der Waals surface area contributed by atoms with Gasteiger partial charge in [0, 0.05) is 6.54 Å². The summed E-state index contributed by atoms with van der Waals surface area (Å²) in [7, 11) is 1.68. The van der Waals surface area contributed by atoms with Crippen LogP contribution in [0.3, 0.4) is 0 Å². The maximum absolute atomic E-state index is 5.37. The molecular formula is C18H26N4OS. The van der Waals surface area contributed by atoms with E-state index in [1.807, 2.05) is 36.7 Å². The number of hydrogen-bond donors (Lipinski definition) is 2. The molecule has 0 amide bonds. The van der Waals surface area contributed by atoms with Gasteiger partial charge in [0.05, 0.1) is 30.7 Å². The van der Waals surface area contributed by atoms with E-state index in [4.69, 9.17) is 17.0 Å². The molecule has 2 rings (SSSR count). The molecule has 0 bridgehead atoms. The van der Waals surface area contributed by atoms with Gasteiger partial charge in [-0.25, -0.2) is 0 Å². The Bertz CT molecular complexity index is 709. The summed E-state index contributed by atoms with van der Waals surface area (Å²) in [4.78, 5) is 0. The van der Waals surface area contributed by atoms with Crippen molar-refractivity contribution in [3.8, 4) is 5.75 Å². The molecule has 24 heavy (non-hydrogen) atoms. The van der Waals surface area contributed by atoms with E-state index in [2.05, 4.69) is 35.6 Å². The third-order valence-corrected chi connectivity index (χ3v) is 4.00. The van der Waals surface area contributed by atoms with Crippen LogP contribution in [0.25, 0.3) is 0 Å². The predicted octanol–water partition coefficient (Wildman–Crippen LogP) is 3.50. The highest BCUT2D eigenvalue weighted by Gasteiger charge is 2.13. The minimum atomic E-state index is 0.544. The number of anilines is 1. The highest BCUT2D eigenvalue weighted by Crippen LogP contribution is 2.21. The van der Waals surface area contributed by atoms with Crippen LogP contribution in [0.15, 0.2) is 24.3 Å². The van der Waals surface area contributed by atoms with E-state index >= 15 is 0 Å². The zero-order valence-corrected chi connectivity index (χ0v) is 15.8. The van der Waals surface area contributed by atoms with Crippen molar-refractivity contribution >= 4 is 23.0 Å². The summed E-state index contributed by atoms with van der Waals surface area (Å²) in [6, 6.07) is 8.03. The van der Waals surface area contributed by atoms with Gasteiger partial charge in [-0.1, -0.05) is 26.0 Å². The van der Waals surface area contributed by atoms with Gasteiger partial charge in [-0.05, 0) is 49.7 Å². The molecule has 2 aromatic rings. The van der Waals surface area contributed by atoms with Gasteiger partial charge in [0.25, 0.3) is 0 Å². The van der Waals surface area contributed by atoms with Gasteiger partial charge in [0.2, 0.25) is 0 Å². The Kier molecular flexibility index (Phi) is 6.20. The fourth-order valence-electron chi connectivity index (χ4n) is 2.43. The Labute approximate surface area is 149 Å². The van der Waals surface area contributed by atoms with E-state index < -0.39 is 0 Å². The van der Waals surface area contributed by atoms with Gasteiger partial charge in [-0.2, -0.15) is 5.10 Å². The first-order valence-electron chi connectivity index (χ1n) is 8.12. The highest BCUT2D eigenvalue weighted by atomic mass is 32.1. The predicted molar refractivity (Wildman–Crippen MR) is 103 cm³/mol. The van der Waals surface area contributed by atoms with Crippen molar-refractivity contribution in [2.75, 3.05) is 19.0 Å². The molecule has 0 spiro atoms. The standard InChI is InChI=1S/C18H26N4OS/c1-12(2)10-19-18(24)20-17-13(3)21-22(14(17)4)11-15-7-6-8-16(9-15)23-5/h6-9,12H,10-11H2,1-5H3,(H2,19,20,24). The Hall–Kier alpha value is -2.08. The zero-order valence-electron chi connectivity index (χ0n) is 15.0. The number of aromatic nitrogens is 2. The molecule has 0 unspecified atom stereocenters.